The minimum absolute atomic E-state index is 0.0822. The standard InChI is InChI=1S/C57H94N4O6/c1-6-8-9-10-11-12-16-19-22-31-38-61(4,5)45-46(3)40-50(57(66)67-39-32-23-20-17-14-13-15-18-21-28-35-60-36-29-25-30-37-60)41-49-42-51(59-55(63)48-33-26-24-27-34-48)44-52(49)53(56(64)65)43-47(7-2)54(58)62/h24-27,29-30,33-34,36-37,46-47,49-53H,6-23,28,31-32,35,38-45H2,1-5H3,(H2-2,58,59,62,63,64,65)/p+1. The number of nitrogens with zero attached hydrogens (tertiary/aromatic N) is 2. The van der Waals surface area contributed by atoms with Crippen molar-refractivity contribution in [3.05, 3.63) is 66.5 Å². The quantitative estimate of drug-likeness (QED) is 0.0296. The first kappa shape index (κ1) is 57.5. The van der Waals surface area contributed by atoms with E-state index in [0.717, 1.165) is 43.4 Å². The number of aryl methyl sites for hydroxylation is 1. The van der Waals surface area contributed by atoms with Gasteiger partial charge in [0, 0.05) is 53.9 Å². The number of amides is 2. The molecule has 1 aliphatic carbocycles. The monoisotopic (exact) mass is 932 g/mol. The number of carboxylic acid groups (broad SMARTS) is 1. The molecule has 378 valence electrons. The molecular weight excluding hydrogens is 837 g/mol. The second kappa shape index (κ2) is 33.7. The zero-order chi connectivity index (χ0) is 48.7. The van der Waals surface area contributed by atoms with Gasteiger partial charge in [-0.05, 0) is 88.2 Å². The number of ether oxygens (including phenoxy) is 1. The van der Waals surface area contributed by atoms with Crippen LogP contribution in [0.3, 0.4) is 0 Å². The SMILES string of the molecule is CCCCCCCCCCCC[N+](C)(C)CC(C)CC(CC1CC(NC(=O)c2ccccc2)CC1C(CC(CC)C(N)=O)C(=O)[O-])C(=O)OCCCCCCCCCCCC[n+]1ccccc1. The summed E-state index contributed by atoms with van der Waals surface area (Å²) in [5.74, 6) is -4.48. The number of carboxylic acids is 1. The molecule has 1 fully saturated rings. The Morgan fingerprint density at radius 1 is 0.731 bits per heavy atom. The van der Waals surface area contributed by atoms with Crippen LogP contribution in [0.1, 0.15) is 198 Å². The van der Waals surface area contributed by atoms with Crippen LogP contribution in [-0.4, -0.2) is 68.1 Å². The van der Waals surface area contributed by atoms with Crippen molar-refractivity contribution in [2.24, 2.45) is 41.2 Å². The lowest BCUT2D eigenvalue weighted by atomic mass is 9.74. The maximum absolute atomic E-state index is 14.2. The number of nitrogens with one attached hydrogen (secondary N) is 1. The van der Waals surface area contributed by atoms with Gasteiger partial charge in [-0.1, -0.05) is 141 Å². The molecule has 2 amide bonds. The topological polar surface area (TPSA) is 142 Å². The fraction of sp³-hybridized carbons (Fsp3) is 0.737. The highest BCUT2D eigenvalue weighted by Gasteiger charge is 2.43. The number of rotatable bonds is 39. The summed E-state index contributed by atoms with van der Waals surface area (Å²) in [4.78, 5) is 53.0. The molecule has 7 atom stereocenters. The summed E-state index contributed by atoms with van der Waals surface area (Å²) < 4.78 is 9.23. The summed E-state index contributed by atoms with van der Waals surface area (Å²) in [5.41, 5.74) is 6.29. The molecule has 1 aliphatic rings. The van der Waals surface area contributed by atoms with E-state index >= 15 is 0 Å². The molecule has 1 aromatic heterocycles. The van der Waals surface area contributed by atoms with Gasteiger partial charge in [-0.3, -0.25) is 14.4 Å². The van der Waals surface area contributed by atoms with Gasteiger partial charge in [-0.2, -0.15) is 0 Å². The summed E-state index contributed by atoms with van der Waals surface area (Å²) in [6.07, 6.45) is 31.6. The number of nitrogens with two attached hydrogens (primary N) is 1. The lowest BCUT2D eigenvalue weighted by molar-refractivity contribution is -0.893. The van der Waals surface area contributed by atoms with Crippen LogP contribution in [0.4, 0.5) is 0 Å². The van der Waals surface area contributed by atoms with E-state index in [1.54, 1.807) is 12.1 Å². The van der Waals surface area contributed by atoms with Crippen LogP contribution >= 0.6 is 0 Å². The van der Waals surface area contributed by atoms with Crippen molar-refractivity contribution in [2.45, 2.75) is 200 Å². The van der Waals surface area contributed by atoms with Crippen molar-refractivity contribution in [2.75, 3.05) is 33.8 Å². The van der Waals surface area contributed by atoms with Crippen LogP contribution in [0.2, 0.25) is 0 Å². The molecule has 1 saturated carbocycles. The molecule has 1 aromatic carbocycles. The van der Waals surface area contributed by atoms with Crippen molar-refractivity contribution >= 4 is 23.8 Å². The number of benzene rings is 1. The number of esters is 1. The average molecular weight is 932 g/mol. The lowest BCUT2D eigenvalue weighted by Gasteiger charge is -2.35. The fourth-order valence-electron chi connectivity index (χ4n) is 11.0. The van der Waals surface area contributed by atoms with Gasteiger partial charge < -0.3 is 30.2 Å². The molecule has 10 heteroatoms. The molecule has 0 bridgehead atoms. The van der Waals surface area contributed by atoms with Gasteiger partial charge in [0.1, 0.15) is 6.54 Å². The van der Waals surface area contributed by atoms with Gasteiger partial charge >= 0.3 is 5.97 Å². The second-order valence-corrected chi connectivity index (χ2v) is 21.2. The Morgan fingerprint density at radius 3 is 1.85 bits per heavy atom. The molecule has 3 rings (SSSR count). The Bertz CT molecular complexity index is 1640. The number of hydrogen-bond donors (Lipinski definition) is 2. The fourth-order valence-corrected chi connectivity index (χ4v) is 11.0. The average Bonchev–Trinajstić information content (AvgIpc) is 3.69. The summed E-state index contributed by atoms with van der Waals surface area (Å²) in [7, 11) is 4.59. The zero-order valence-corrected chi connectivity index (χ0v) is 42.9. The Balaban J connectivity index is 1.62. The molecule has 0 radical (unpaired) electrons. The molecule has 7 unspecified atom stereocenters. The largest absolute Gasteiger partial charge is 0.550 e. The van der Waals surface area contributed by atoms with Crippen LogP contribution < -0.4 is 20.7 Å². The minimum Gasteiger partial charge on any atom is -0.550 e. The van der Waals surface area contributed by atoms with Gasteiger partial charge in [0.05, 0.1) is 39.7 Å². The second-order valence-electron chi connectivity index (χ2n) is 21.2. The summed E-state index contributed by atoms with van der Waals surface area (Å²) in [5, 5.41) is 16.1. The third-order valence-electron chi connectivity index (χ3n) is 14.7. The van der Waals surface area contributed by atoms with Crippen LogP contribution in [-0.2, 0) is 25.7 Å². The smallest absolute Gasteiger partial charge is 0.308 e. The minimum atomic E-state index is -1.21. The molecule has 67 heavy (non-hydrogen) atoms. The van der Waals surface area contributed by atoms with E-state index in [9.17, 15) is 24.3 Å². The first-order chi connectivity index (χ1) is 32.3. The zero-order valence-electron chi connectivity index (χ0n) is 42.9. The third kappa shape index (κ3) is 24.4. The van der Waals surface area contributed by atoms with Gasteiger partial charge in [-0.15, -0.1) is 0 Å². The van der Waals surface area contributed by atoms with Gasteiger partial charge in [0.2, 0.25) is 5.91 Å². The normalized spacial score (nSPS) is 18.0. The maximum Gasteiger partial charge on any atom is 0.308 e. The lowest BCUT2D eigenvalue weighted by Crippen LogP contribution is -2.44. The number of aromatic nitrogens is 1. The number of carbonyl (C=O) groups excluding carboxylic acids is 4. The van der Waals surface area contributed by atoms with E-state index in [4.69, 9.17) is 10.5 Å². The van der Waals surface area contributed by atoms with Crippen LogP contribution in [0.15, 0.2) is 60.9 Å². The number of quaternary nitrogens is 1. The molecule has 3 N–H and O–H groups in total. The van der Waals surface area contributed by atoms with Gasteiger partial charge in [-0.25, -0.2) is 4.57 Å². The molecule has 0 aliphatic heterocycles. The number of pyridine rings is 1. The van der Waals surface area contributed by atoms with E-state index in [0.29, 0.717) is 44.3 Å². The third-order valence-corrected chi connectivity index (χ3v) is 14.7. The number of hydrogen-bond acceptors (Lipinski definition) is 6. The van der Waals surface area contributed by atoms with E-state index in [-0.39, 0.29) is 36.2 Å². The molecule has 0 saturated heterocycles. The van der Waals surface area contributed by atoms with Crippen LogP contribution in [0.25, 0.3) is 0 Å². The van der Waals surface area contributed by atoms with E-state index in [1.165, 1.54) is 109 Å². The van der Waals surface area contributed by atoms with Crippen LogP contribution in [0.5, 0.6) is 0 Å². The highest BCUT2D eigenvalue weighted by Crippen LogP contribution is 2.44. The van der Waals surface area contributed by atoms with E-state index in [2.05, 4.69) is 68.4 Å². The molecular formula is C57H95N4O6+. The first-order valence-corrected chi connectivity index (χ1v) is 27.1. The van der Waals surface area contributed by atoms with Crippen molar-refractivity contribution < 1.29 is 38.1 Å². The number of aliphatic carboxylic acids is 1. The Morgan fingerprint density at radius 2 is 1.28 bits per heavy atom. The predicted molar refractivity (Wildman–Crippen MR) is 269 cm³/mol. The first-order valence-electron chi connectivity index (χ1n) is 27.1. The van der Waals surface area contributed by atoms with E-state index < -0.39 is 35.5 Å². The van der Waals surface area contributed by atoms with Crippen molar-refractivity contribution in [3.8, 4) is 0 Å². The Kier molecular flexibility index (Phi) is 28.9. The summed E-state index contributed by atoms with van der Waals surface area (Å²) in [6.45, 7) is 9.82. The Hall–Kier alpha value is -3.79. The van der Waals surface area contributed by atoms with Gasteiger partial charge in [0.25, 0.3) is 5.91 Å². The number of unbranched alkanes of at least 4 members (excludes halogenated alkanes) is 18. The Labute approximate surface area is 407 Å². The van der Waals surface area contributed by atoms with Gasteiger partial charge in [0.15, 0.2) is 12.4 Å². The predicted octanol–water partition coefficient (Wildman–Crippen LogP) is 10.5. The molecule has 10 nitrogen and oxygen atoms in total. The highest BCUT2D eigenvalue weighted by molar-refractivity contribution is 5.94. The summed E-state index contributed by atoms with van der Waals surface area (Å²) >= 11 is 0. The number of carbonyl (C=O) groups is 4. The van der Waals surface area contributed by atoms with Crippen molar-refractivity contribution in [1.29, 1.82) is 0 Å². The van der Waals surface area contributed by atoms with E-state index in [1.807, 2.05) is 25.1 Å². The maximum atomic E-state index is 14.2. The number of primary amides is 1. The van der Waals surface area contributed by atoms with Crippen molar-refractivity contribution in [3.63, 3.8) is 0 Å². The molecule has 2 aromatic rings. The van der Waals surface area contributed by atoms with Crippen LogP contribution in [0, 0.1) is 35.5 Å². The highest BCUT2D eigenvalue weighted by atomic mass is 16.5. The molecule has 1 heterocycles. The van der Waals surface area contributed by atoms with Crippen molar-refractivity contribution in [1.82, 2.24) is 5.32 Å². The molecule has 0 spiro atoms. The summed E-state index contributed by atoms with van der Waals surface area (Å²) in [6, 6.07) is 15.0.